The lowest BCUT2D eigenvalue weighted by atomic mass is 10.1. The molecule has 39 heavy (non-hydrogen) atoms. The lowest BCUT2D eigenvalue weighted by Crippen LogP contribution is -1.96. The highest BCUT2D eigenvalue weighted by molar-refractivity contribution is 9.11. The Labute approximate surface area is 258 Å². The summed E-state index contributed by atoms with van der Waals surface area (Å²) in [5.41, 5.74) is 2.95. The van der Waals surface area contributed by atoms with Crippen LogP contribution in [-0.2, 0) is 12.8 Å². The van der Waals surface area contributed by atoms with E-state index in [9.17, 15) is 4.39 Å². The largest absolute Gasteiger partial charge is 0.242 e. The van der Waals surface area contributed by atoms with Gasteiger partial charge in [-0.05, 0) is 87.9 Å². The predicted molar refractivity (Wildman–Crippen MR) is 176 cm³/mol. The van der Waals surface area contributed by atoms with Crippen LogP contribution in [0.15, 0.2) is 39.3 Å². The molecule has 0 radical (unpaired) electrons. The number of rotatable bonds is 16. The summed E-state index contributed by atoms with van der Waals surface area (Å²) in [7, 11) is 0. The molecule has 7 heteroatoms. The molecule has 0 aliphatic carbocycles. The van der Waals surface area contributed by atoms with Crippen LogP contribution in [-0.4, -0.2) is 9.97 Å². The molecule has 4 aromatic rings. The van der Waals surface area contributed by atoms with Gasteiger partial charge in [-0.1, -0.05) is 78.1 Å². The molecular formula is C32H39Br2FN2S2. The highest BCUT2D eigenvalue weighted by Crippen LogP contribution is 2.41. The van der Waals surface area contributed by atoms with E-state index in [1.54, 1.807) is 11.3 Å². The van der Waals surface area contributed by atoms with Gasteiger partial charge >= 0.3 is 0 Å². The molecular weight excluding hydrogens is 655 g/mol. The van der Waals surface area contributed by atoms with Crippen molar-refractivity contribution in [3.05, 3.63) is 54.8 Å². The van der Waals surface area contributed by atoms with Gasteiger partial charge in [-0.2, -0.15) is 0 Å². The van der Waals surface area contributed by atoms with Crippen molar-refractivity contribution in [3.8, 4) is 21.1 Å². The normalized spacial score (nSPS) is 11.6. The molecule has 1 aromatic carbocycles. The van der Waals surface area contributed by atoms with E-state index >= 15 is 0 Å². The first-order chi connectivity index (χ1) is 19.0. The minimum Gasteiger partial charge on any atom is -0.242 e. The van der Waals surface area contributed by atoms with Crippen molar-refractivity contribution in [1.29, 1.82) is 0 Å². The van der Waals surface area contributed by atoms with Crippen LogP contribution in [0.1, 0.15) is 101 Å². The summed E-state index contributed by atoms with van der Waals surface area (Å²) >= 11 is 10.6. The maximum absolute atomic E-state index is 14.6. The van der Waals surface area contributed by atoms with E-state index in [-0.39, 0.29) is 5.82 Å². The first-order valence-corrected chi connectivity index (χ1v) is 17.8. The number of nitrogens with zero attached hydrogens (tertiary/aromatic N) is 2. The summed E-state index contributed by atoms with van der Waals surface area (Å²) in [5.74, 6) is -0.338. The minimum atomic E-state index is -0.338. The number of aryl methyl sites for hydroxylation is 2. The zero-order chi connectivity index (χ0) is 27.6. The minimum absolute atomic E-state index is 0.338. The SMILES string of the molecule is CCCCCCCCc1ccc(-c2nc3c(Br)cc(F)c(Br)c3nc2-c2ccc(CCCCCCCC)s2)s1. The van der Waals surface area contributed by atoms with E-state index < -0.39 is 0 Å². The predicted octanol–water partition coefficient (Wildman–Crippen LogP) is 12.6. The molecule has 0 spiro atoms. The molecule has 0 aliphatic rings. The van der Waals surface area contributed by atoms with Crippen LogP contribution < -0.4 is 0 Å². The van der Waals surface area contributed by atoms with E-state index in [0.717, 1.165) is 34.0 Å². The van der Waals surface area contributed by atoms with Crippen molar-refractivity contribution in [2.45, 2.75) is 104 Å². The van der Waals surface area contributed by atoms with Gasteiger partial charge in [-0.25, -0.2) is 14.4 Å². The maximum atomic E-state index is 14.6. The number of unbranched alkanes of at least 4 members (excludes halogenated alkanes) is 10. The lowest BCUT2D eigenvalue weighted by molar-refractivity contribution is 0.609. The van der Waals surface area contributed by atoms with E-state index in [0.29, 0.717) is 20.0 Å². The Bertz CT molecular complexity index is 1350. The van der Waals surface area contributed by atoms with E-state index in [4.69, 9.17) is 9.97 Å². The fourth-order valence-electron chi connectivity index (χ4n) is 4.89. The first kappa shape index (κ1) is 30.8. The standard InChI is InChI=1S/C32H39Br2FN2S2/c1-3-5-7-9-11-13-15-22-17-19-26(38-22)30-31(37-32-28(34)25(35)21-24(33)29(32)36-30)27-20-18-23(39-27)16-14-12-10-8-6-4-2/h17-21H,3-16H2,1-2H3. The quantitative estimate of drug-likeness (QED) is 0.0862. The third kappa shape index (κ3) is 8.43. The summed E-state index contributed by atoms with van der Waals surface area (Å²) in [5, 5.41) is 0. The number of fused-ring (bicyclic) bond motifs is 1. The molecule has 0 amide bonds. The molecule has 0 saturated carbocycles. The monoisotopic (exact) mass is 692 g/mol. The van der Waals surface area contributed by atoms with Gasteiger partial charge < -0.3 is 0 Å². The molecule has 210 valence electrons. The number of hydrogen-bond acceptors (Lipinski definition) is 4. The van der Waals surface area contributed by atoms with Crippen molar-refractivity contribution in [2.75, 3.05) is 0 Å². The molecule has 0 bridgehead atoms. The van der Waals surface area contributed by atoms with Crippen LogP contribution in [0.3, 0.4) is 0 Å². The second-order valence-corrected chi connectivity index (χ2v) is 14.3. The molecule has 2 nitrogen and oxygen atoms in total. The lowest BCUT2D eigenvalue weighted by Gasteiger charge is -2.10. The zero-order valence-electron chi connectivity index (χ0n) is 23.1. The zero-order valence-corrected chi connectivity index (χ0v) is 27.9. The Morgan fingerprint density at radius 1 is 0.641 bits per heavy atom. The summed E-state index contributed by atoms with van der Waals surface area (Å²) in [4.78, 5) is 15.1. The van der Waals surface area contributed by atoms with Crippen molar-refractivity contribution < 1.29 is 4.39 Å². The van der Waals surface area contributed by atoms with E-state index in [1.165, 1.54) is 92.9 Å². The molecule has 0 N–H and O–H groups in total. The molecule has 0 aliphatic heterocycles. The van der Waals surface area contributed by atoms with E-state index in [2.05, 4.69) is 70.0 Å². The van der Waals surface area contributed by atoms with Gasteiger partial charge in [0.2, 0.25) is 0 Å². The Morgan fingerprint density at radius 2 is 1.10 bits per heavy atom. The number of benzene rings is 1. The van der Waals surface area contributed by atoms with Crippen LogP contribution >= 0.6 is 54.5 Å². The van der Waals surface area contributed by atoms with Crippen LogP contribution in [0.2, 0.25) is 0 Å². The van der Waals surface area contributed by atoms with Crippen molar-refractivity contribution in [3.63, 3.8) is 0 Å². The highest BCUT2D eigenvalue weighted by atomic mass is 79.9. The molecule has 0 fully saturated rings. The highest BCUT2D eigenvalue weighted by Gasteiger charge is 2.20. The van der Waals surface area contributed by atoms with Gasteiger partial charge in [0, 0.05) is 14.2 Å². The Morgan fingerprint density at radius 3 is 1.62 bits per heavy atom. The number of thiophene rings is 2. The third-order valence-electron chi connectivity index (χ3n) is 7.14. The Kier molecular flexibility index (Phi) is 12.4. The summed E-state index contributed by atoms with van der Waals surface area (Å²) in [6.45, 7) is 4.52. The average molecular weight is 695 g/mol. The summed E-state index contributed by atoms with van der Waals surface area (Å²) in [6, 6.07) is 10.3. The van der Waals surface area contributed by atoms with Gasteiger partial charge in [-0.15, -0.1) is 22.7 Å². The van der Waals surface area contributed by atoms with Crippen molar-refractivity contribution in [2.24, 2.45) is 0 Å². The van der Waals surface area contributed by atoms with Crippen molar-refractivity contribution >= 4 is 65.6 Å². The van der Waals surface area contributed by atoms with Gasteiger partial charge in [0.05, 0.1) is 14.2 Å². The van der Waals surface area contributed by atoms with Gasteiger partial charge in [0.15, 0.2) is 0 Å². The average Bonchev–Trinajstić information content (AvgIpc) is 3.61. The van der Waals surface area contributed by atoms with E-state index in [1.807, 2.05) is 11.3 Å². The second kappa shape index (κ2) is 15.7. The van der Waals surface area contributed by atoms with Gasteiger partial charge in [0.1, 0.15) is 28.2 Å². The van der Waals surface area contributed by atoms with Gasteiger partial charge in [0.25, 0.3) is 0 Å². The molecule has 0 saturated heterocycles. The molecule has 0 unspecified atom stereocenters. The topological polar surface area (TPSA) is 25.8 Å². The van der Waals surface area contributed by atoms with Crippen LogP contribution in [0.5, 0.6) is 0 Å². The number of aromatic nitrogens is 2. The second-order valence-electron chi connectivity index (χ2n) is 10.3. The van der Waals surface area contributed by atoms with Crippen LogP contribution in [0.25, 0.3) is 32.2 Å². The first-order valence-electron chi connectivity index (χ1n) is 14.5. The van der Waals surface area contributed by atoms with Crippen LogP contribution in [0, 0.1) is 5.82 Å². The Hall–Kier alpha value is -1.15. The fourth-order valence-corrected chi connectivity index (χ4v) is 7.84. The van der Waals surface area contributed by atoms with Crippen LogP contribution in [0.4, 0.5) is 4.39 Å². The Balaban J connectivity index is 1.59. The third-order valence-corrected chi connectivity index (χ3v) is 10.8. The number of halogens is 3. The van der Waals surface area contributed by atoms with Gasteiger partial charge in [-0.3, -0.25) is 0 Å². The smallest absolute Gasteiger partial charge is 0.140 e. The molecule has 3 heterocycles. The summed E-state index contributed by atoms with van der Waals surface area (Å²) < 4.78 is 15.6. The van der Waals surface area contributed by atoms with Crippen molar-refractivity contribution in [1.82, 2.24) is 9.97 Å². The molecule has 4 rings (SSSR count). The molecule has 3 aromatic heterocycles. The fraction of sp³-hybridized carbons (Fsp3) is 0.500. The molecule has 0 atom stereocenters. The summed E-state index contributed by atoms with van der Waals surface area (Å²) in [6.07, 6.45) is 17.8. The maximum Gasteiger partial charge on any atom is 0.140 e. The number of hydrogen-bond donors (Lipinski definition) is 0.